The molecule has 0 saturated heterocycles. The summed E-state index contributed by atoms with van der Waals surface area (Å²) in [5.74, 6) is -5.31. The SMILES string of the molecule is CCC(C)C(NC(=O)C(NC(=O)C(N)Cc1cnc[nH]1)C(C)O)C(=O)NC(CC(N)=O)C(=O)O. The third-order valence-electron chi connectivity index (χ3n) is 5.21. The molecule has 34 heavy (non-hydrogen) atoms. The summed E-state index contributed by atoms with van der Waals surface area (Å²) in [5.41, 5.74) is 11.5. The monoisotopic (exact) mass is 483 g/mol. The van der Waals surface area contributed by atoms with E-state index in [0.717, 1.165) is 0 Å². The van der Waals surface area contributed by atoms with E-state index in [9.17, 15) is 34.2 Å². The largest absolute Gasteiger partial charge is 0.480 e. The van der Waals surface area contributed by atoms with Gasteiger partial charge in [0.05, 0.1) is 24.9 Å². The van der Waals surface area contributed by atoms with Gasteiger partial charge in [-0.1, -0.05) is 20.3 Å². The third kappa shape index (κ3) is 8.78. The van der Waals surface area contributed by atoms with Gasteiger partial charge in [0.2, 0.25) is 23.6 Å². The van der Waals surface area contributed by atoms with E-state index in [-0.39, 0.29) is 6.42 Å². The fourth-order valence-electron chi connectivity index (χ4n) is 3.00. The van der Waals surface area contributed by atoms with Crippen molar-refractivity contribution in [3.05, 3.63) is 18.2 Å². The first-order valence-electron chi connectivity index (χ1n) is 10.7. The van der Waals surface area contributed by atoms with Crippen molar-refractivity contribution in [1.29, 1.82) is 0 Å². The number of amides is 4. The van der Waals surface area contributed by atoms with Crippen molar-refractivity contribution in [3.8, 4) is 0 Å². The summed E-state index contributed by atoms with van der Waals surface area (Å²) in [6, 6.07) is -5.29. The average molecular weight is 484 g/mol. The van der Waals surface area contributed by atoms with Gasteiger partial charge < -0.3 is 42.6 Å². The number of aliphatic hydroxyl groups is 1. The molecular formula is C20H33N7O7. The molecule has 0 spiro atoms. The van der Waals surface area contributed by atoms with Crippen LogP contribution in [-0.2, 0) is 30.4 Å². The molecule has 1 aromatic heterocycles. The van der Waals surface area contributed by atoms with Crippen LogP contribution in [0, 0.1) is 5.92 Å². The Kier molecular flexibility index (Phi) is 11.1. The number of carbonyl (C=O) groups excluding carboxylic acids is 4. The van der Waals surface area contributed by atoms with Crippen molar-refractivity contribution in [2.24, 2.45) is 17.4 Å². The first kappa shape index (κ1) is 28.5. The Morgan fingerprint density at radius 1 is 1.06 bits per heavy atom. The van der Waals surface area contributed by atoms with Crippen molar-refractivity contribution in [2.75, 3.05) is 0 Å². The van der Waals surface area contributed by atoms with Gasteiger partial charge >= 0.3 is 5.97 Å². The van der Waals surface area contributed by atoms with E-state index in [1.165, 1.54) is 19.4 Å². The maximum absolute atomic E-state index is 12.9. The van der Waals surface area contributed by atoms with E-state index in [4.69, 9.17) is 11.5 Å². The van der Waals surface area contributed by atoms with E-state index < -0.39 is 72.2 Å². The number of hydrogen-bond acceptors (Lipinski definition) is 8. The van der Waals surface area contributed by atoms with E-state index in [0.29, 0.717) is 12.1 Å². The van der Waals surface area contributed by atoms with E-state index in [1.807, 2.05) is 0 Å². The summed E-state index contributed by atoms with van der Waals surface area (Å²) < 4.78 is 0. The van der Waals surface area contributed by atoms with Crippen molar-refractivity contribution < 1.29 is 34.2 Å². The lowest BCUT2D eigenvalue weighted by molar-refractivity contribution is -0.144. The molecule has 10 N–H and O–H groups in total. The first-order valence-corrected chi connectivity index (χ1v) is 10.7. The smallest absolute Gasteiger partial charge is 0.326 e. The number of carbonyl (C=O) groups is 5. The van der Waals surface area contributed by atoms with Gasteiger partial charge in [0.15, 0.2) is 0 Å². The van der Waals surface area contributed by atoms with Gasteiger partial charge in [-0.15, -0.1) is 0 Å². The number of aliphatic carboxylic acids is 1. The highest BCUT2D eigenvalue weighted by Crippen LogP contribution is 2.10. The Morgan fingerprint density at radius 3 is 2.12 bits per heavy atom. The molecule has 0 radical (unpaired) electrons. The van der Waals surface area contributed by atoms with Gasteiger partial charge in [0.1, 0.15) is 18.1 Å². The Labute approximate surface area is 196 Å². The minimum absolute atomic E-state index is 0.105. The van der Waals surface area contributed by atoms with Crippen LogP contribution in [0.2, 0.25) is 0 Å². The molecule has 6 unspecified atom stereocenters. The number of hydrogen-bond donors (Lipinski definition) is 8. The molecule has 14 heteroatoms. The second kappa shape index (κ2) is 13.3. The van der Waals surface area contributed by atoms with Crippen molar-refractivity contribution >= 4 is 29.6 Å². The minimum atomic E-state index is -1.58. The number of nitrogens with two attached hydrogens (primary N) is 2. The Balaban J connectivity index is 2.94. The van der Waals surface area contributed by atoms with E-state index >= 15 is 0 Å². The molecule has 0 bridgehead atoms. The van der Waals surface area contributed by atoms with Crippen LogP contribution in [0.5, 0.6) is 0 Å². The highest BCUT2D eigenvalue weighted by Gasteiger charge is 2.34. The lowest BCUT2D eigenvalue weighted by atomic mass is 9.97. The van der Waals surface area contributed by atoms with E-state index in [2.05, 4.69) is 25.9 Å². The number of carboxylic acids is 1. The number of aliphatic hydroxyl groups excluding tert-OH is 1. The number of imidazole rings is 1. The van der Waals surface area contributed by atoms with Crippen LogP contribution < -0.4 is 27.4 Å². The van der Waals surface area contributed by atoms with Crippen LogP contribution in [-0.4, -0.2) is 80.1 Å². The summed E-state index contributed by atoms with van der Waals surface area (Å²) in [6.45, 7) is 4.67. The normalized spacial score (nSPS) is 16.3. The fourth-order valence-corrected chi connectivity index (χ4v) is 3.00. The Bertz CT molecular complexity index is 859. The maximum atomic E-state index is 12.9. The number of rotatable bonds is 14. The molecular weight excluding hydrogens is 450 g/mol. The van der Waals surface area contributed by atoms with Crippen molar-refractivity contribution in [3.63, 3.8) is 0 Å². The van der Waals surface area contributed by atoms with Gasteiger partial charge in [0, 0.05) is 18.3 Å². The zero-order valence-corrected chi connectivity index (χ0v) is 19.3. The third-order valence-corrected chi connectivity index (χ3v) is 5.21. The summed E-state index contributed by atoms with van der Waals surface area (Å²) in [5, 5.41) is 26.3. The second-order valence-corrected chi connectivity index (χ2v) is 8.06. The molecule has 14 nitrogen and oxygen atoms in total. The molecule has 0 aliphatic heterocycles. The minimum Gasteiger partial charge on any atom is -0.480 e. The molecule has 1 rings (SSSR count). The predicted octanol–water partition coefficient (Wildman–Crippen LogP) is -2.88. The lowest BCUT2D eigenvalue weighted by Crippen LogP contribution is -2.61. The standard InChI is InChI=1S/C20H33N7O7/c1-4-9(2)15(18(31)25-13(20(33)34)6-14(22)29)26-19(32)16(10(3)28)27-17(30)12(21)5-11-7-23-8-24-11/h7-10,12-13,15-16,28H,4-6,21H2,1-3H3,(H2,22,29)(H,23,24)(H,25,31)(H,26,32)(H,27,30)(H,33,34). The predicted molar refractivity (Wildman–Crippen MR) is 119 cm³/mol. The summed E-state index contributed by atoms with van der Waals surface area (Å²) >= 11 is 0. The quantitative estimate of drug-likeness (QED) is 0.135. The molecule has 0 aromatic carbocycles. The van der Waals surface area contributed by atoms with Gasteiger partial charge in [-0.3, -0.25) is 19.2 Å². The average Bonchev–Trinajstić information content (AvgIpc) is 3.26. The van der Waals surface area contributed by atoms with Gasteiger partial charge in [-0.2, -0.15) is 0 Å². The van der Waals surface area contributed by atoms with Crippen molar-refractivity contribution in [1.82, 2.24) is 25.9 Å². The zero-order valence-electron chi connectivity index (χ0n) is 19.3. The maximum Gasteiger partial charge on any atom is 0.326 e. The van der Waals surface area contributed by atoms with Gasteiger partial charge in [-0.25, -0.2) is 9.78 Å². The summed E-state index contributed by atoms with van der Waals surface area (Å²) in [7, 11) is 0. The number of aromatic amines is 1. The fraction of sp³-hybridized carbons (Fsp3) is 0.600. The number of carboxylic acid groups (broad SMARTS) is 1. The van der Waals surface area contributed by atoms with Crippen LogP contribution in [0.3, 0.4) is 0 Å². The highest BCUT2D eigenvalue weighted by atomic mass is 16.4. The summed E-state index contributed by atoms with van der Waals surface area (Å²) in [4.78, 5) is 67.2. The summed E-state index contributed by atoms with van der Waals surface area (Å²) in [6.07, 6.45) is 1.46. The van der Waals surface area contributed by atoms with Crippen LogP contribution in [0.4, 0.5) is 0 Å². The Hall–Kier alpha value is -3.52. The van der Waals surface area contributed by atoms with Crippen LogP contribution in [0.1, 0.15) is 39.3 Å². The topological polar surface area (TPSA) is 243 Å². The molecule has 0 aliphatic carbocycles. The van der Waals surface area contributed by atoms with Crippen LogP contribution in [0.25, 0.3) is 0 Å². The Morgan fingerprint density at radius 2 is 1.65 bits per heavy atom. The number of primary amides is 1. The van der Waals surface area contributed by atoms with Gasteiger partial charge in [-0.05, 0) is 12.8 Å². The molecule has 1 aromatic rings. The molecule has 0 aliphatic rings. The van der Waals surface area contributed by atoms with Gasteiger partial charge in [0.25, 0.3) is 0 Å². The van der Waals surface area contributed by atoms with Crippen LogP contribution >= 0.6 is 0 Å². The van der Waals surface area contributed by atoms with Crippen LogP contribution in [0.15, 0.2) is 12.5 Å². The number of H-pyrrole nitrogens is 1. The molecule has 4 amide bonds. The highest BCUT2D eigenvalue weighted by molar-refractivity contribution is 5.95. The first-order chi connectivity index (χ1) is 15.9. The molecule has 0 fully saturated rings. The number of nitrogens with one attached hydrogen (secondary N) is 4. The molecule has 190 valence electrons. The molecule has 1 heterocycles. The number of nitrogens with zero attached hydrogens (tertiary/aromatic N) is 1. The van der Waals surface area contributed by atoms with E-state index in [1.54, 1.807) is 13.8 Å². The van der Waals surface area contributed by atoms with Crippen molar-refractivity contribution in [2.45, 2.75) is 70.3 Å². The molecule has 0 saturated carbocycles. The molecule has 6 atom stereocenters. The lowest BCUT2D eigenvalue weighted by Gasteiger charge is -2.28. The zero-order chi connectivity index (χ0) is 26.0. The number of aromatic nitrogens is 2. The second-order valence-electron chi connectivity index (χ2n) is 8.06.